The zero-order chi connectivity index (χ0) is 14.1. The van der Waals surface area contributed by atoms with Crippen molar-refractivity contribution in [1.82, 2.24) is 10.2 Å². The third kappa shape index (κ3) is 6.45. The van der Waals surface area contributed by atoms with Crippen molar-refractivity contribution >= 4 is 11.9 Å². The van der Waals surface area contributed by atoms with Crippen LogP contribution < -0.4 is 11.1 Å². The summed E-state index contributed by atoms with van der Waals surface area (Å²) in [5, 5.41) is 2.88. The lowest BCUT2D eigenvalue weighted by molar-refractivity contribution is -0.123. The summed E-state index contributed by atoms with van der Waals surface area (Å²) < 4.78 is 0. The number of aliphatic imine (C=N–C) groups is 1. The highest BCUT2D eigenvalue weighted by molar-refractivity contribution is 5.78. The monoisotopic (exact) mass is 268 g/mol. The number of rotatable bonds is 5. The van der Waals surface area contributed by atoms with Gasteiger partial charge in [-0.3, -0.25) is 9.79 Å². The van der Waals surface area contributed by atoms with E-state index in [1.807, 2.05) is 13.8 Å². The highest BCUT2D eigenvalue weighted by Gasteiger charge is 2.10. The van der Waals surface area contributed by atoms with Gasteiger partial charge in [-0.15, -0.1) is 0 Å². The molecular formula is C14H28N4O. The molecule has 0 atom stereocenters. The van der Waals surface area contributed by atoms with Crippen LogP contribution in [0.25, 0.3) is 0 Å². The van der Waals surface area contributed by atoms with Crippen molar-refractivity contribution < 1.29 is 4.79 Å². The number of nitrogens with two attached hydrogens (primary N) is 1. The van der Waals surface area contributed by atoms with Gasteiger partial charge in [-0.25, -0.2) is 0 Å². The summed E-state index contributed by atoms with van der Waals surface area (Å²) in [6.07, 6.45) is 5.85. The minimum Gasteiger partial charge on any atom is -0.370 e. The quantitative estimate of drug-likeness (QED) is 0.449. The average molecular weight is 268 g/mol. The fraction of sp³-hybridized carbons (Fsp3) is 0.857. The standard InChI is InChI=1S/C14H28N4O/c1-12(2)13(19)16-8-7-9-17-14(15)18-10-5-3-4-6-11-18/h12H,3-11H2,1-2H3,(H2,15,17)(H,16,19). The lowest BCUT2D eigenvalue weighted by Crippen LogP contribution is -2.38. The van der Waals surface area contributed by atoms with Crippen molar-refractivity contribution in [3.8, 4) is 0 Å². The highest BCUT2D eigenvalue weighted by Crippen LogP contribution is 2.08. The molecule has 0 unspecified atom stereocenters. The first-order valence-corrected chi connectivity index (χ1v) is 7.44. The van der Waals surface area contributed by atoms with E-state index in [0.29, 0.717) is 19.0 Å². The van der Waals surface area contributed by atoms with Crippen molar-refractivity contribution in [3.63, 3.8) is 0 Å². The Morgan fingerprint density at radius 3 is 2.47 bits per heavy atom. The number of carbonyl (C=O) groups excluding carboxylic acids is 1. The van der Waals surface area contributed by atoms with Crippen LogP contribution in [-0.2, 0) is 4.79 Å². The number of likely N-dealkylation sites (tertiary alicyclic amines) is 1. The van der Waals surface area contributed by atoms with E-state index in [1.54, 1.807) is 0 Å². The van der Waals surface area contributed by atoms with Crippen LogP contribution in [0.2, 0.25) is 0 Å². The summed E-state index contributed by atoms with van der Waals surface area (Å²) >= 11 is 0. The molecule has 0 radical (unpaired) electrons. The number of nitrogens with zero attached hydrogens (tertiary/aromatic N) is 2. The Morgan fingerprint density at radius 1 is 1.26 bits per heavy atom. The minimum absolute atomic E-state index is 0.0469. The molecule has 0 bridgehead atoms. The Kier molecular flexibility index (Phi) is 7.30. The smallest absolute Gasteiger partial charge is 0.222 e. The SMILES string of the molecule is CC(C)C(=O)NCCCN=C(N)N1CCCCCC1. The maximum absolute atomic E-state index is 11.3. The molecule has 0 aromatic rings. The molecule has 0 spiro atoms. The van der Waals surface area contributed by atoms with Crippen LogP contribution in [0, 0.1) is 5.92 Å². The second kappa shape index (κ2) is 8.77. The van der Waals surface area contributed by atoms with Gasteiger partial charge in [0.2, 0.25) is 5.91 Å². The maximum atomic E-state index is 11.3. The molecule has 1 fully saturated rings. The summed E-state index contributed by atoms with van der Waals surface area (Å²) in [5.41, 5.74) is 6.00. The Bertz CT molecular complexity index is 294. The van der Waals surface area contributed by atoms with Crippen LogP contribution in [0.4, 0.5) is 0 Å². The third-order valence-electron chi connectivity index (χ3n) is 3.36. The van der Waals surface area contributed by atoms with Crippen molar-refractivity contribution in [3.05, 3.63) is 0 Å². The molecule has 1 aliphatic heterocycles. The zero-order valence-corrected chi connectivity index (χ0v) is 12.3. The second-order valence-corrected chi connectivity index (χ2v) is 5.44. The predicted octanol–water partition coefficient (Wildman–Crippen LogP) is 1.34. The molecule has 5 heteroatoms. The number of amides is 1. The van der Waals surface area contributed by atoms with E-state index in [2.05, 4.69) is 15.2 Å². The van der Waals surface area contributed by atoms with Gasteiger partial charge < -0.3 is 16.0 Å². The van der Waals surface area contributed by atoms with E-state index < -0.39 is 0 Å². The Balaban J connectivity index is 2.18. The van der Waals surface area contributed by atoms with Crippen LogP contribution in [0.1, 0.15) is 46.0 Å². The Hall–Kier alpha value is -1.26. The van der Waals surface area contributed by atoms with Crippen LogP contribution in [0.15, 0.2) is 4.99 Å². The van der Waals surface area contributed by atoms with Gasteiger partial charge in [0, 0.05) is 32.1 Å². The Labute approximate surface area is 116 Å². The summed E-state index contributed by atoms with van der Waals surface area (Å²) in [5.74, 6) is 0.812. The summed E-state index contributed by atoms with van der Waals surface area (Å²) in [7, 11) is 0. The van der Waals surface area contributed by atoms with Crippen LogP contribution in [-0.4, -0.2) is 42.9 Å². The van der Waals surface area contributed by atoms with Gasteiger partial charge in [-0.2, -0.15) is 0 Å². The summed E-state index contributed by atoms with van der Waals surface area (Å²) in [4.78, 5) is 17.9. The minimum atomic E-state index is 0.0469. The van der Waals surface area contributed by atoms with Gasteiger partial charge in [0.25, 0.3) is 0 Å². The van der Waals surface area contributed by atoms with E-state index in [1.165, 1.54) is 25.7 Å². The molecule has 3 N–H and O–H groups in total. The number of hydrogen-bond acceptors (Lipinski definition) is 2. The topological polar surface area (TPSA) is 70.7 Å². The van der Waals surface area contributed by atoms with Crippen LogP contribution in [0.5, 0.6) is 0 Å². The highest BCUT2D eigenvalue weighted by atomic mass is 16.1. The van der Waals surface area contributed by atoms with Gasteiger partial charge in [0.05, 0.1) is 0 Å². The van der Waals surface area contributed by atoms with E-state index in [0.717, 1.165) is 19.5 Å². The molecule has 1 amide bonds. The fourth-order valence-electron chi connectivity index (χ4n) is 2.09. The van der Waals surface area contributed by atoms with Crippen molar-refractivity contribution in [2.75, 3.05) is 26.2 Å². The van der Waals surface area contributed by atoms with E-state index in [9.17, 15) is 4.79 Å². The van der Waals surface area contributed by atoms with Gasteiger partial charge in [-0.1, -0.05) is 26.7 Å². The largest absolute Gasteiger partial charge is 0.370 e. The molecule has 0 aromatic carbocycles. The van der Waals surface area contributed by atoms with Gasteiger partial charge in [0.1, 0.15) is 0 Å². The normalized spacial score (nSPS) is 17.4. The molecule has 19 heavy (non-hydrogen) atoms. The fourth-order valence-corrected chi connectivity index (χ4v) is 2.09. The maximum Gasteiger partial charge on any atom is 0.222 e. The summed E-state index contributed by atoms with van der Waals surface area (Å²) in [6.45, 7) is 7.20. The Morgan fingerprint density at radius 2 is 1.89 bits per heavy atom. The molecule has 1 aliphatic rings. The lowest BCUT2D eigenvalue weighted by atomic mass is 10.2. The average Bonchev–Trinajstić information content (AvgIpc) is 2.66. The molecule has 1 saturated heterocycles. The number of carbonyl (C=O) groups is 1. The van der Waals surface area contributed by atoms with Crippen LogP contribution >= 0.6 is 0 Å². The first-order chi connectivity index (χ1) is 9.11. The number of nitrogens with one attached hydrogen (secondary N) is 1. The van der Waals surface area contributed by atoms with Crippen molar-refractivity contribution in [2.24, 2.45) is 16.6 Å². The number of hydrogen-bond donors (Lipinski definition) is 2. The summed E-state index contributed by atoms with van der Waals surface area (Å²) in [6, 6.07) is 0. The number of guanidine groups is 1. The predicted molar refractivity (Wildman–Crippen MR) is 79.0 cm³/mol. The first-order valence-electron chi connectivity index (χ1n) is 7.44. The van der Waals surface area contributed by atoms with Crippen molar-refractivity contribution in [1.29, 1.82) is 0 Å². The van der Waals surface area contributed by atoms with E-state index in [4.69, 9.17) is 5.73 Å². The lowest BCUT2D eigenvalue weighted by Gasteiger charge is -2.21. The molecule has 0 aromatic heterocycles. The van der Waals surface area contributed by atoms with Gasteiger partial charge in [-0.05, 0) is 19.3 Å². The third-order valence-corrected chi connectivity index (χ3v) is 3.36. The molecule has 5 nitrogen and oxygen atoms in total. The molecule has 0 saturated carbocycles. The zero-order valence-electron chi connectivity index (χ0n) is 12.3. The molecular weight excluding hydrogens is 240 g/mol. The molecule has 1 rings (SSSR count). The van der Waals surface area contributed by atoms with Gasteiger partial charge >= 0.3 is 0 Å². The second-order valence-electron chi connectivity index (χ2n) is 5.44. The molecule has 110 valence electrons. The van der Waals surface area contributed by atoms with Gasteiger partial charge in [0.15, 0.2) is 5.96 Å². The van der Waals surface area contributed by atoms with Crippen molar-refractivity contribution in [2.45, 2.75) is 46.0 Å². The molecule has 1 heterocycles. The van der Waals surface area contributed by atoms with Crippen LogP contribution in [0.3, 0.4) is 0 Å². The first kappa shape index (κ1) is 15.8. The molecule has 0 aliphatic carbocycles. The van der Waals surface area contributed by atoms with E-state index >= 15 is 0 Å². The van der Waals surface area contributed by atoms with E-state index in [-0.39, 0.29) is 11.8 Å².